The summed E-state index contributed by atoms with van der Waals surface area (Å²) in [6.45, 7) is 9.60. The molecule has 0 aromatic carbocycles. The summed E-state index contributed by atoms with van der Waals surface area (Å²) in [6, 6.07) is 0. The Hall–Kier alpha value is 0.350. The summed E-state index contributed by atoms with van der Waals surface area (Å²) in [5, 5.41) is 12.1. The lowest BCUT2D eigenvalue weighted by molar-refractivity contribution is -0.195. The molecule has 1 spiro atoms. The standard InChI is InChI=1S/C19H32INO2/c1-6-17-8-7-9-18(17)19(20,13(2)3)16(23-21(18)5)11-15(12-22)10-14(17)4/h10,13-14,16,22H,6-9,11-12H2,1-5H3/b15-10+/t14-,16+,17?,18-,19?/m0/s1. The molecule has 1 aliphatic heterocycles. The number of allylic oxidation sites excluding steroid dienone is 1. The van der Waals surface area contributed by atoms with Gasteiger partial charge in [-0.2, -0.15) is 5.06 Å². The van der Waals surface area contributed by atoms with E-state index in [1.165, 1.54) is 25.7 Å². The molecule has 0 amide bonds. The van der Waals surface area contributed by atoms with Crippen molar-refractivity contribution in [3.63, 3.8) is 0 Å². The smallest absolute Gasteiger partial charge is 0.0998 e. The van der Waals surface area contributed by atoms with Gasteiger partial charge < -0.3 is 5.11 Å². The Morgan fingerprint density at radius 3 is 2.70 bits per heavy atom. The maximum absolute atomic E-state index is 9.88. The van der Waals surface area contributed by atoms with Gasteiger partial charge in [0.1, 0.15) is 0 Å². The van der Waals surface area contributed by atoms with E-state index in [-0.39, 0.29) is 27.1 Å². The number of nitrogens with zero attached hydrogens (tertiary/aromatic N) is 1. The molecule has 1 N–H and O–H groups in total. The molecule has 2 aliphatic carbocycles. The van der Waals surface area contributed by atoms with Crippen molar-refractivity contribution in [2.75, 3.05) is 13.7 Å². The Morgan fingerprint density at radius 2 is 2.13 bits per heavy atom. The molecule has 2 fully saturated rings. The molecule has 3 rings (SSSR count). The number of aliphatic hydroxyl groups is 1. The third-order valence-electron chi connectivity index (χ3n) is 7.39. The van der Waals surface area contributed by atoms with Gasteiger partial charge in [0.05, 0.1) is 21.7 Å². The van der Waals surface area contributed by atoms with Crippen LogP contribution in [-0.2, 0) is 4.84 Å². The van der Waals surface area contributed by atoms with Crippen molar-refractivity contribution in [1.29, 1.82) is 0 Å². The minimum atomic E-state index is 0.0783. The normalized spacial score (nSPS) is 49.7. The van der Waals surface area contributed by atoms with Crippen LogP contribution in [0.2, 0.25) is 0 Å². The van der Waals surface area contributed by atoms with E-state index < -0.39 is 0 Å². The van der Waals surface area contributed by atoms with Gasteiger partial charge in [0.2, 0.25) is 0 Å². The van der Waals surface area contributed by atoms with Gasteiger partial charge in [0.25, 0.3) is 0 Å². The highest BCUT2D eigenvalue weighted by Gasteiger charge is 2.74. The minimum absolute atomic E-state index is 0.0783. The molecule has 1 heterocycles. The quantitative estimate of drug-likeness (QED) is 0.409. The number of aliphatic hydroxyl groups excluding tert-OH is 1. The van der Waals surface area contributed by atoms with Crippen molar-refractivity contribution in [3.8, 4) is 0 Å². The first-order valence-electron chi connectivity index (χ1n) is 9.20. The molecule has 2 unspecified atom stereocenters. The zero-order valence-electron chi connectivity index (χ0n) is 15.2. The number of rotatable bonds is 3. The summed E-state index contributed by atoms with van der Waals surface area (Å²) in [4.78, 5) is 6.51. The van der Waals surface area contributed by atoms with Crippen molar-refractivity contribution in [3.05, 3.63) is 11.6 Å². The maximum atomic E-state index is 9.88. The molecule has 0 aromatic heterocycles. The number of halogens is 1. The lowest BCUT2D eigenvalue weighted by Gasteiger charge is -2.57. The van der Waals surface area contributed by atoms with E-state index in [2.05, 4.69) is 68.5 Å². The van der Waals surface area contributed by atoms with E-state index in [4.69, 9.17) is 4.84 Å². The monoisotopic (exact) mass is 433 g/mol. The van der Waals surface area contributed by atoms with E-state index >= 15 is 0 Å². The van der Waals surface area contributed by atoms with Crippen molar-refractivity contribution in [2.24, 2.45) is 17.3 Å². The number of hydroxylamine groups is 2. The van der Waals surface area contributed by atoms with Crippen molar-refractivity contribution < 1.29 is 9.94 Å². The third kappa shape index (κ3) is 2.04. The predicted octanol–water partition coefficient (Wildman–Crippen LogP) is 4.34. The van der Waals surface area contributed by atoms with E-state index in [1.54, 1.807) is 0 Å². The molecular formula is C19H32INO2. The maximum Gasteiger partial charge on any atom is 0.0998 e. The number of hydrogen-bond donors (Lipinski definition) is 1. The topological polar surface area (TPSA) is 32.7 Å². The molecule has 23 heavy (non-hydrogen) atoms. The van der Waals surface area contributed by atoms with Crippen LogP contribution in [0.25, 0.3) is 0 Å². The van der Waals surface area contributed by atoms with Crippen molar-refractivity contribution in [2.45, 2.75) is 74.9 Å². The Kier molecular flexibility index (Phi) is 4.70. The highest BCUT2D eigenvalue weighted by molar-refractivity contribution is 14.1. The predicted molar refractivity (Wildman–Crippen MR) is 102 cm³/mol. The summed E-state index contributed by atoms with van der Waals surface area (Å²) in [7, 11) is 2.17. The summed E-state index contributed by atoms with van der Waals surface area (Å²) in [5.41, 5.74) is 1.47. The van der Waals surface area contributed by atoms with Crippen LogP contribution in [0.5, 0.6) is 0 Å². The average molecular weight is 433 g/mol. The zero-order chi connectivity index (χ0) is 17.0. The third-order valence-corrected chi connectivity index (χ3v) is 10.2. The fraction of sp³-hybridized carbons (Fsp3) is 0.895. The molecule has 132 valence electrons. The summed E-state index contributed by atoms with van der Waals surface area (Å²) in [5.74, 6) is 1.00. The van der Waals surface area contributed by atoms with Crippen LogP contribution >= 0.6 is 22.6 Å². The molecule has 0 aromatic rings. The number of alkyl halides is 1. The Bertz CT molecular complexity index is 508. The first-order chi connectivity index (χ1) is 10.8. The zero-order valence-corrected chi connectivity index (χ0v) is 17.4. The first kappa shape index (κ1) is 18.2. The molecule has 0 radical (unpaired) electrons. The van der Waals surface area contributed by atoms with Crippen molar-refractivity contribution in [1.82, 2.24) is 5.06 Å². The van der Waals surface area contributed by atoms with Crippen LogP contribution in [-0.4, -0.2) is 38.9 Å². The molecule has 2 bridgehead atoms. The minimum Gasteiger partial charge on any atom is -0.392 e. The largest absolute Gasteiger partial charge is 0.392 e. The SMILES string of the molecule is CCC12CCC[C@]13N(C)O[C@H](C/C(CO)=C\[C@@H]2C)C3(I)C(C)C. The van der Waals surface area contributed by atoms with Crippen LogP contribution in [0.1, 0.15) is 59.8 Å². The molecule has 4 heteroatoms. The summed E-state index contributed by atoms with van der Waals surface area (Å²) >= 11 is 2.75. The molecule has 3 aliphatic rings. The summed E-state index contributed by atoms with van der Waals surface area (Å²) < 4.78 is 0.0783. The van der Waals surface area contributed by atoms with Gasteiger partial charge in [-0.05, 0) is 42.1 Å². The van der Waals surface area contributed by atoms with Gasteiger partial charge in [-0.25, -0.2) is 0 Å². The average Bonchev–Trinajstić information content (AvgIpc) is 3.01. The van der Waals surface area contributed by atoms with Gasteiger partial charge in [0, 0.05) is 13.5 Å². The molecule has 1 saturated heterocycles. The van der Waals surface area contributed by atoms with Gasteiger partial charge in [-0.1, -0.05) is 62.8 Å². The van der Waals surface area contributed by atoms with Crippen molar-refractivity contribution >= 4 is 22.6 Å². The fourth-order valence-corrected chi connectivity index (χ4v) is 7.87. The lowest BCUT2D eigenvalue weighted by Crippen LogP contribution is -2.67. The Morgan fingerprint density at radius 1 is 1.43 bits per heavy atom. The van der Waals surface area contributed by atoms with E-state index in [1.807, 2.05) is 0 Å². The second kappa shape index (κ2) is 5.96. The fourth-order valence-electron chi connectivity index (χ4n) is 6.39. The first-order valence-corrected chi connectivity index (χ1v) is 10.3. The van der Waals surface area contributed by atoms with Crippen LogP contribution in [0.4, 0.5) is 0 Å². The van der Waals surface area contributed by atoms with Crippen LogP contribution in [0.3, 0.4) is 0 Å². The Balaban J connectivity index is 2.28. The number of hydrogen-bond acceptors (Lipinski definition) is 3. The van der Waals surface area contributed by atoms with Gasteiger partial charge in [-0.15, -0.1) is 0 Å². The van der Waals surface area contributed by atoms with Crippen LogP contribution in [0.15, 0.2) is 11.6 Å². The van der Waals surface area contributed by atoms with Crippen LogP contribution < -0.4 is 0 Å². The van der Waals surface area contributed by atoms with Gasteiger partial charge in [-0.3, -0.25) is 4.84 Å². The van der Waals surface area contributed by atoms with E-state index in [0.717, 1.165) is 12.0 Å². The molecule has 1 saturated carbocycles. The molecular weight excluding hydrogens is 401 g/mol. The van der Waals surface area contributed by atoms with Gasteiger partial charge in [0.15, 0.2) is 0 Å². The highest BCUT2D eigenvalue weighted by atomic mass is 127. The van der Waals surface area contributed by atoms with Crippen LogP contribution in [0, 0.1) is 17.3 Å². The summed E-state index contributed by atoms with van der Waals surface area (Å²) in [6.07, 6.45) is 8.31. The second-order valence-electron chi connectivity index (χ2n) is 8.21. The van der Waals surface area contributed by atoms with E-state index in [0.29, 0.717) is 11.8 Å². The number of fused-ring (bicyclic) bond motifs is 1. The van der Waals surface area contributed by atoms with E-state index in [9.17, 15) is 5.11 Å². The molecule has 5 atom stereocenters. The second-order valence-corrected chi connectivity index (χ2v) is 10.00. The van der Waals surface area contributed by atoms with Gasteiger partial charge >= 0.3 is 0 Å². The highest BCUT2D eigenvalue weighted by Crippen LogP contribution is 2.69. The lowest BCUT2D eigenvalue weighted by atomic mass is 9.54. The Labute approximate surface area is 154 Å². The molecule has 3 nitrogen and oxygen atoms in total.